The van der Waals surface area contributed by atoms with Crippen molar-refractivity contribution in [3.05, 3.63) is 66.2 Å². The first-order chi connectivity index (χ1) is 13.7. The molecule has 1 fully saturated rings. The van der Waals surface area contributed by atoms with Crippen LogP contribution in [0, 0.1) is 0 Å². The number of piperazine rings is 1. The van der Waals surface area contributed by atoms with Crippen LogP contribution in [0.25, 0.3) is 0 Å². The van der Waals surface area contributed by atoms with Crippen molar-refractivity contribution in [2.45, 2.75) is 6.42 Å². The summed E-state index contributed by atoms with van der Waals surface area (Å²) < 4.78 is 0. The first-order valence-electron chi connectivity index (χ1n) is 9.71. The molecule has 1 heterocycles. The Morgan fingerprint density at radius 3 is 2.32 bits per heavy atom. The van der Waals surface area contributed by atoms with Gasteiger partial charge in [-0.05, 0) is 31.2 Å². The summed E-state index contributed by atoms with van der Waals surface area (Å²) in [6.07, 6.45) is 0.848. The molecule has 148 valence electrons. The second-order valence-electron chi connectivity index (χ2n) is 6.89. The zero-order chi connectivity index (χ0) is 19.6. The lowest BCUT2D eigenvalue weighted by Crippen LogP contribution is -2.46. The highest BCUT2D eigenvalue weighted by Gasteiger charge is 2.19. The fourth-order valence-corrected chi connectivity index (χ4v) is 3.87. The number of nitrogens with zero attached hydrogens (tertiary/aromatic N) is 3. The van der Waals surface area contributed by atoms with Crippen LogP contribution in [0.2, 0.25) is 0 Å². The molecule has 1 N–H and O–H groups in total. The molecule has 28 heavy (non-hydrogen) atoms. The standard InChI is InChI=1S/C22H28N4OS/c1-25-14-16-26(17-15-25)22(24-20-10-6-3-7-11-20)28-18-21(27)23-13-12-19-8-4-2-5-9-19/h2-11H,12-18H2,1H3,(H,23,27). The summed E-state index contributed by atoms with van der Waals surface area (Å²) in [6, 6.07) is 20.2. The maximum atomic E-state index is 12.3. The summed E-state index contributed by atoms with van der Waals surface area (Å²) in [5.41, 5.74) is 2.16. The first-order valence-corrected chi connectivity index (χ1v) is 10.7. The molecule has 0 aliphatic carbocycles. The number of thioether (sulfide) groups is 1. The van der Waals surface area contributed by atoms with Gasteiger partial charge in [-0.1, -0.05) is 60.3 Å². The van der Waals surface area contributed by atoms with Crippen LogP contribution in [0.15, 0.2) is 65.7 Å². The van der Waals surface area contributed by atoms with Crippen molar-refractivity contribution in [3.63, 3.8) is 0 Å². The van der Waals surface area contributed by atoms with Gasteiger partial charge in [-0.3, -0.25) is 4.79 Å². The van der Waals surface area contributed by atoms with E-state index in [1.54, 1.807) is 0 Å². The van der Waals surface area contributed by atoms with Gasteiger partial charge in [0.05, 0.1) is 11.4 Å². The molecule has 6 heteroatoms. The molecule has 0 bridgehead atoms. The second-order valence-corrected chi connectivity index (χ2v) is 7.84. The molecule has 1 amide bonds. The van der Waals surface area contributed by atoms with Crippen LogP contribution in [0.3, 0.4) is 0 Å². The fraction of sp³-hybridized carbons (Fsp3) is 0.364. The van der Waals surface area contributed by atoms with E-state index < -0.39 is 0 Å². The number of aliphatic imine (C=N–C) groups is 1. The molecule has 1 aliphatic heterocycles. The number of amides is 1. The summed E-state index contributed by atoms with van der Waals surface area (Å²) in [6.45, 7) is 4.55. The molecule has 2 aromatic carbocycles. The van der Waals surface area contributed by atoms with Crippen LogP contribution in [0.4, 0.5) is 5.69 Å². The minimum Gasteiger partial charge on any atom is -0.355 e. The molecule has 0 aromatic heterocycles. The van der Waals surface area contributed by atoms with Crippen LogP contribution in [0.1, 0.15) is 5.56 Å². The zero-order valence-electron chi connectivity index (χ0n) is 16.4. The minimum absolute atomic E-state index is 0.0517. The lowest BCUT2D eigenvalue weighted by Gasteiger charge is -2.34. The molecule has 2 aromatic rings. The van der Waals surface area contributed by atoms with Crippen molar-refractivity contribution >= 4 is 28.5 Å². The summed E-state index contributed by atoms with van der Waals surface area (Å²) in [5, 5.41) is 3.95. The molecule has 5 nitrogen and oxygen atoms in total. The van der Waals surface area contributed by atoms with Gasteiger partial charge in [-0.15, -0.1) is 0 Å². The Labute approximate surface area is 171 Å². The number of rotatable bonds is 6. The summed E-state index contributed by atoms with van der Waals surface area (Å²) in [7, 11) is 2.14. The summed E-state index contributed by atoms with van der Waals surface area (Å²) >= 11 is 1.52. The highest BCUT2D eigenvalue weighted by molar-refractivity contribution is 8.14. The maximum Gasteiger partial charge on any atom is 0.230 e. The minimum atomic E-state index is 0.0517. The van der Waals surface area contributed by atoms with E-state index in [-0.39, 0.29) is 5.91 Å². The van der Waals surface area contributed by atoms with Gasteiger partial charge in [-0.2, -0.15) is 0 Å². The van der Waals surface area contributed by atoms with Gasteiger partial charge in [0.1, 0.15) is 0 Å². The SMILES string of the molecule is CN1CCN(C(=Nc2ccccc2)SCC(=O)NCCc2ccccc2)CC1. The van der Waals surface area contributed by atoms with Gasteiger partial charge in [-0.25, -0.2) is 4.99 Å². The van der Waals surface area contributed by atoms with Crippen LogP contribution in [-0.2, 0) is 11.2 Å². The lowest BCUT2D eigenvalue weighted by molar-refractivity contribution is -0.118. The summed E-state index contributed by atoms with van der Waals surface area (Å²) in [5.74, 6) is 0.433. The van der Waals surface area contributed by atoms with E-state index in [1.807, 2.05) is 48.5 Å². The molecule has 3 rings (SSSR count). The Kier molecular flexibility index (Phi) is 7.94. The van der Waals surface area contributed by atoms with Crippen LogP contribution < -0.4 is 5.32 Å². The predicted octanol–water partition coefficient (Wildman–Crippen LogP) is 3.01. The quantitative estimate of drug-likeness (QED) is 0.602. The van der Waals surface area contributed by atoms with E-state index in [0.29, 0.717) is 12.3 Å². The van der Waals surface area contributed by atoms with Crippen molar-refractivity contribution in [2.24, 2.45) is 4.99 Å². The summed E-state index contributed by atoms with van der Waals surface area (Å²) in [4.78, 5) is 21.7. The Bertz CT molecular complexity index is 759. The van der Waals surface area contributed by atoms with Gasteiger partial charge in [0.2, 0.25) is 5.91 Å². The van der Waals surface area contributed by atoms with E-state index in [1.165, 1.54) is 17.3 Å². The van der Waals surface area contributed by atoms with Gasteiger partial charge >= 0.3 is 0 Å². The lowest BCUT2D eigenvalue weighted by atomic mass is 10.1. The molecule has 0 radical (unpaired) electrons. The second kappa shape index (κ2) is 10.9. The molecule has 0 spiro atoms. The monoisotopic (exact) mass is 396 g/mol. The molecule has 1 aliphatic rings. The topological polar surface area (TPSA) is 47.9 Å². The molecule has 0 unspecified atom stereocenters. The van der Waals surface area contributed by atoms with Crippen molar-refractivity contribution in [3.8, 4) is 0 Å². The smallest absolute Gasteiger partial charge is 0.230 e. The Morgan fingerprint density at radius 1 is 1.00 bits per heavy atom. The molecule has 0 atom stereocenters. The highest BCUT2D eigenvalue weighted by atomic mass is 32.2. The van der Waals surface area contributed by atoms with Gasteiger partial charge < -0.3 is 15.1 Å². The Balaban J connectivity index is 1.53. The third kappa shape index (κ3) is 6.69. The normalized spacial score (nSPS) is 15.5. The zero-order valence-corrected chi connectivity index (χ0v) is 17.2. The molecular weight excluding hydrogens is 368 g/mol. The van der Waals surface area contributed by atoms with E-state index in [4.69, 9.17) is 4.99 Å². The number of nitrogens with one attached hydrogen (secondary N) is 1. The molecule has 1 saturated heterocycles. The maximum absolute atomic E-state index is 12.3. The highest BCUT2D eigenvalue weighted by Crippen LogP contribution is 2.18. The molecular formula is C22H28N4OS. The molecule has 0 saturated carbocycles. The van der Waals surface area contributed by atoms with Crippen molar-refractivity contribution in [1.29, 1.82) is 0 Å². The van der Waals surface area contributed by atoms with Crippen molar-refractivity contribution < 1.29 is 4.79 Å². The van der Waals surface area contributed by atoms with Crippen LogP contribution >= 0.6 is 11.8 Å². The van der Waals surface area contributed by atoms with E-state index in [9.17, 15) is 4.79 Å². The third-order valence-electron chi connectivity index (χ3n) is 4.67. The number of carbonyl (C=O) groups excluding carboxylic acids is 1. The number of carbonyl (C=O) groups is 1. The Hall–Kier alpha value is -2.31. The number of amidine groups is 1. The third-order valence-corrected chi connectivity index (χ3v) is 5.68. The number of hydrogen-bond acceptors (Lipinski definition) is 4. The Morgan fingerprint density at radius 2 is 1.64 bits per heavy atom. The number of likely N-dealkylation sites (N-methyl/N-ethyl adjacent to an activating group) is 1. The predicted molar refractivity (Wildman–Crippen MR) is 118 cm³/mol. The number of benzene rings is 2. The fourth-order valence-electron chi connectivity index (χ4n) is 2.98. The number of hydrogen-bond donors (Lipinski definition) is 1. The number of para-hydroxylation sites is 1. The van der Waals surface area contributed by atoms with Crippen molar-refractivity contribution in [1.82, 2.24) is 15.1 Å². The first kappa shape index (κ1) is 20.4. The van der Waals surface area contributed by atoms with Gasteiger partial charge in [0.25, 0.3) is 0 Å². The average Bonchev–Trinajstić information content (AvgIpc) is 2.73. The largest absolute Gasteiger partial charge is 0.355 e. The van der Waals surface area contributed by atoms with Crippen LogP contribution in [0.5, 0.6) is 0 Å². The van der Waals surface area contributed by atoms with E-state index in [0.717, 1.165) is 43.5 Å². The van der Waals surface area contributed by atoms with Crippen LogP contribution in [-0.4, -0.2) is 66.4 Å². The van der Waals surface area contributed by atoms with Gasteiger partial charge in [0, 0.05) is 32.7 Å². The van der Waals surface area contributed by atoms with Gasteiger partial charge in [0.15, 0.2) is 5.17 Å². The average molecular weight is 397 g/mol. The van der Waals surface area contributed by atoms with Crippen molar-refractivity contribution in [2.75, 3.05) is 45.5 Å². The van der Waals surface area contributed by atoms with E-state index in [2.05, 4.69) is 34.3 Å². The van der Waals surface area contributed by atoms with E-state index >= 15 is 0 Å².